The summed E-state index contributed by atoms with van der Waals surface area (Å²) in [7, 11) is 0. The fourth-order valence-electron chi connectivity index (χ4n) is 0.647. The lowest BCUT2D eigenvalue weighted by Gasteiger charge is -2.19. The first kappa shape index (κ1) is 10.9. The normalized spacial score (nSPS) is 12.0. The van der Waals surface area contributed by atoms with Crippen LogP contribution in [-0.4, -0.2) is 24.1 Å². The van der Waals surface area contributed by atoms with Crippen molar-refractivity contribution in [1.29, 1.82) is 0 Å². The molecule has 0 amide bonds. The van der Waals surface area contributed by atoms with E-state index in [-0.39, 0.29) is 5.60 Å². The fraction of sp³-hybridized carbons (Fsp3) is 1.00. The summed E-state index contributed by atoms with van der Waals surface area (Å²) in [6, 6.07) is 0. The summed E-state index contributed by atoms with van der Waals surface area (Å²) in [6.45, 7) is 7.20. The van der Waals surface area contributed by atoms with Gasteiger partial charge in [-0.1, -0.05) is 0 Å². The molecule has 0 rings (SSSR count). The van der Waals surface area contributed by atoms with Crippen molar-refractivity contribution >= 4 is 0 Å². The molecule has 1 N–H and O–H groups in total. The average Bonchev–Trinajstić information content (AvgIpc) is 1.85. The van der Waals surface area contributed by atoms with Gasteiger partial charge >= 0.3 is 0 Å². The zero-order valence-electron chi connectivity index (χ0n) is 7.59. The maximum absolute atomic E-state index is 7.98. The van der Waals surface area contributed by atoms with Gasteiger partial charge in [0.1, 0.15) is 0 Å². The minimum Gasteiger partial charge on any atom is -0.376 e. The summed E-state index contributed by atoms with van der Waals surface area (Å²) in [5.74, 6) is 0. The first-order chi connectivity index (χ1) is 5.06. The molecule has 0 spiro atoms. The van der Waals surface area contributed by atoms with Crippen LogP contribution in [-0.2, 0) is 9.62 Å². The van der Waals surface area contributed by atoms with Gasteiger partial charge < -0.3 is 4.74 Å². The zero-order valence-corrected chi connectivity index (χ0v) is 7.59. The van der Waals surface area contributed by atoms with E-state index < -0.39 is 0 Å². The first-order valence-electron chi connectivity index (χ1n) is 3.96. The number of hydrogen-bond acceptors (Lipinski definition) is 3. The molecule has 11 heavy (non-hydrogen) atoms. The van der Waals surface area contributed by atoms with Crippen LogP contribution in [0.1, 0.15) is 33.6 Å². The SMILES string of the molecule is CC(C)(C)OCCCCOO. The Hall–Kier alpha value is -0.120. The molecule has 0 radical (unpaired) electrons. The smallest absolute Gasteiger partial charge is 0.0820 e. The van der Waals surface area contributed by atoms with Crippen LogP contribution >= 0.6 is 0 Å². The number of rotatable bonds is 5. The Kier molecular flexibility index (Phi) is 5.46. The largest absolute Gasteiger partial charge is 0.376 e. The predicted octanol–water partition coefficient (Wildman–Crippen LogP) is 2.07. The van der Waals surface area contributed by atoms with Gasteiger partial charge in [-0.25, -0.2) is 4.89 Å². The van der Waals surface area contributed by atoms with Gasteiger partial charge in [0.25, 0.3) is 0 Å². The van der Waals surface area contributed by atoms with Crippen LogP contribution in [0.2, 0.25) is 0 Å². The lowest BCUT2D eigenvalue weighted by molar-refractivity contribution is -0.243. The van der Waals surface area contributed by atoms with E-state index in [1.165, 1.54) is 0 Å². The number of ether oxygens (including phenoxy) is 1. The second-order valence-corrected chi connectivity index (χ2v) is 3.50. The lowest BCUT2D eigenvalue weighted by atomic mass is 10.2. The third-order valence-electron chi connectivity index (χ3n) is 1.17. The second-order valence-electron chi connectivity index (χ2n) is 3.50. The van der Waals surface area contributed by atoms with Crippen LogP contribution in [0, 0.1) is 0 Å². The first-order valence-corrected chi connectivity index (χ1v) is 3.96. The molecule has 0 aromatic rings. The Morgan fingerprint density at radius 3 is 2.09 bits per heavy atom. The summed E-state index contributed by atoms with van der Waals surface area (Å²) in [4.78, 5) is 3.92. The van der Waals surface area contributed by atoms with Gasteiger partial charge in [0.05, 0.1) is 12.2 Å². The fourth-order valence-corrected chi connectivity index (χ4v) is 0.647. The summed E-state index contributed by atoms with van der Waals surface area (Å²) in [5, 5.41) is 7.98. The molecule has 0 saturated carbocycles. The molecule has 0 aromatic carbocycles. The van der Waals surface area contributed by atoms with Crippen molar-refractivity contribution in [3.8, 4) is 0 Å². The summed E-state index contributed by atoms with van der Waals surface area (Å²) in [6.07, 6.45) is 1.77. The molecule has 0 heterocycles. The number of unbranched alkanes of at least 4 members (excludes halogenated alkanes) is 1. The summed E-state index contributed by atoms with van der Waals surface area (Å²) < 4.78 is 5.44. The van der Waals surface area contributed by atoms with Crippen LogP contribution < -0.4 is 0 Å². The van der Waals surface area contributed by atoms with Crippen molar-refractivity contribution in [3.05, 3.63) is 0 Å². The molecule has 0 aliphatic heterocycles. The molecular weight excluding hydrogens is 144 g/mol. The molecule has 3 heteroatoms. The molecule has 68 valence electrons. The van der Waals surface area contributed by atoms with E-state index in [0.717, 1.165) is 19.4 Å². The van der Waals surface area contributed by atoms with Gasteiger partial charge in [-0.15, -0.1) is 0 Å². The molecule has 0 aliphatic carbocycles. The zero-order chi connectivity index (χ0) is 8.74. The highest BCUT2D eigenvalue weighted by Crippen LogP contribution is 2.07. The monoisotopic (exact) mass is 162 g/mol. The van der Waals surface area contributed by atoms with Gasteiger partial charge in [-0.2, -0.15) is 0 Å². The van der Waals surface area contributed by atoms with Gasteiger partial charge in [-0.3, -0.25) is 5.26 Å². The highest BCUT2D eigenvalue weighted by molar-refractivity contribution is 4.58. The Balaban J connectivity index is 3.02. The van der Waals surface area contributed by atoms with E-state index in [0.29, 0.717) is 6.61 Å². The molecule has 0 bridgehead atoms. The van der Waals surface area contributed by atoms with Crippen molar-refractivity contribution in [3.63, 3.8) is 0 Å². The van der Waals surface area contributed by atoms with Gasteiger partial charge in [-0.05, 0) is 33.6 Å². The number of hydrogen-bond donors (Lipinski definition) is 1. The van der Waals surface area contributed by atoms with Crippen LogP contribution in [0.5, 0.6) is 0 Å². The Labute approximate surface area is 68.2 Å². The molecule has 0 unspecified atom stereocenters. The van der Waals surface area contributed by atoms with Crippen molar-refractivity contribution in [1.82, 2.24) is 0 Å². The van der Waals surface area contributed by atoms with E-state index in [9.17, 15) is 0 Å². The predicted molar refractivity (Wildman–Crippen MR) is 43.5 cm³/mol. The third-order valence-corrected chi connectivity index (χ3v) is 1.17. The average molecular weight is 162 g/mol. The minimum absolute atomic E-state index is 0.0555. The molecular formula is C8H18O3. The van der Waals surface area contributed by atoms with E-state index >= 15 is 0 Å². The van der Waals surface area contributed by atoms with E-state index in [1.807, 2.05) is 20.8 Å². The topological polar surface area (TPSA) is 38.7 Å². The third kappa shape index (κ3) is 9.88. The van der Waals surface area contributed by atoms with Gasteiger partial charge in [0, 0.05) is 6.61 Å². The van der Waals surface area contributed by atoms with Crippen molar-refractivity contribution < 1.29 is 14.9 Å². The summed E-state index contributed by atoms with van der Waals surface area (Å²) >= 11 is 0. The Bertz CT molecular complexity index is 85.8. The molecule has 0 saturated heterocycles. The van der Waals surface area contributed by atoms with Crippen molar-refractivity contribution in [2.24, 2.45) is 0 Å². The minimum atomic E-state index is -0.0555. The molecule has 0 fully saturated rings. The van der Waals surface area contributed by atoms with E-state index in [4.69, 9.17) is 9.99 Å². The van der Waals surface area contributed by atoms with Gasteiger partial charge in [0.15, 0.2) is 0 Å². The van der Waals surface area contributed by atoms with Gasteiger partial charge in [0.2, 0.25) is 0 Å². The lowest BCUT2D eigenvalue weighted by Crippen LogP contribution is -2.19. The second kappa shape index (κ2) is 5.52. The summed E-state index contributed by atoms with van der Waals surface area (Å²) in [5.41, 5.74) is -0.0555. The van der Waals surface area contributed by atoms with E-state index in [1.54, 1.807) is 0 Å². The maximum atomic E-state index is 7.98. The molecule has 3 nitrogen and oxygen atoms in total. The molecule has 0 atom stereocenters. The molecule has 0 aromatic heterocycles. The Morgan fingerprint density at radius 2 is 1.64 bits per heavy atom. The molecule has 0 aliphatic rings. The van der Waals surface area contributed by atoms with Crippen molar-refractivity contribution in [2.75, 3.05) is 13.2 Å². The Morgan fingerprint density at radius 1 is 1.09 bits per heavy atom. The van der Waals surface area contributed by atoms with Crippen molar-refractivity contribution in [2.45, 2.75) is 39.2 Å². The van der Waals surface area contributed by atoms with E-state index in [2.05, 4.69) is 4.89 Å². The van der Waals surface area contributed by atoms with Crippen LogP contribution in [0.15, 0.2) is 0 Å². The standard InChI is InChI=1S/C8H18O3/c1-8(2,3)10-6-4-5-7-11-9/h9H,4-7H2,1-3H3. The maximum Gasteiger partial charge on any atom is 0.0820 e. The van der Waals surface area contributed by atoms with Crippen LogP contribution in [0.25, 0.3) is 0 Å². The highest BCUT2D eigenvalue weighted by Gasteiger charge is 2.08. The highest BCUT2D eigenvalue weighted by atomic mass is 17.1. The quantitative estimate of drug-likeness (QED) is 0.382. The van der Waals surface area contributed by atoms with Crippen LogP contribution in [0.4, 0.5) is 0 Å². The van der Waals surface area contributed by atoms with Crippen LogP contribution in [0.3, 0.4) is 0 Å².